The molecule has 100 valence electrons. The Morgan fingerprint density at radius 3 is 2.28 bits per heavy atom. The van der Waals surface area contributed by atoms with Crippen LogP contribution in [0.3, 0.4) is 0 Å². The van der Waals surface area contributed by atoms with Crippen molar-refractivity contribution in [1.82, 2.24) is 5.32 Å². The smallest absolute Gasteiger partial charge is 0.115 e. The van der Waals surface area contributed by atoms with Gasteiger partial charge in [0.1, 0.15) is 5.75 Å². The molecular weight excluding hydrogens is 222 g/mol. The van der Waals surface area contributed by atoms with Gasteiger partial charge in [0.25, 0.3) is 0 Å². The summed E-state index contributed by atoms with van der Waals surface area (Å²) in [4.78, 5) is 0. The number of benzene rings is 1. The van der Waals surface area contributed by atoms with Crippen LogP contribution in [0.25, 0.3) is 0 Å². The Balaban J connectivity index is 1.88. The van der Waals surface area contributed by atoms with E-state index in [-0.39, 0.29) is 0 Å². The van der Waals surface area contributed by atoms with Gasteiger partial charge in [-0.3, -0.25) is 0 Å². The van der Waals surface area contributed by atoms with Crippen LogP contribution < -0.4 is 5.32 Å². The average Bonchev–Trinajstić information content (AvgIpc) is 2.33. The minimum absolute atomic E-state index is 0.338. The molecule has 0 spiro atoms. The summed E-state index contributed by atoms with van der Waals surface area (Å²) in [6, 6.07) is 8.52. The van der Waals surface area contributed by atoms with Gasteiger partial charge in [0, 0.05) is 12.1 Å². The molecule has 1 unspecified atom stereocenters. The van der Waals surface area contributed by atoms with Crippen LogP contribution >= 0.6 is 0 Å². The monoisotopic (exact) mass is 247 g/mol. The number of hydrogen-bond acceptors (Lipinski definition) is 2. The molecule has 1 aliphatic carbocycles. The van der Waals surface area contributed by atoms with E-state index in [0.29, 0.717) is 23.2 Å². The molecule has 2 nitrogen and oxygen atoms in total. The molecule has 2 N–H and O–H groups in total. The van der Waals surface area contributed by atoms with Crippen LogP contribution in [-0.2, 0) is 0 Å². The summed E-state index contributed by atoms with van der Waals surface area (Å²) < 4.78 is 0. The third kappa shape index (κ3) is 3.49. The van der Waals surface area contributed by atoms with Crippen molar-refractivity contribution in [2.45, 2.75) is 58.5 Å². The highest BCUT2D eigenvalue weighted by Gasteiger charge is 2.27. The Bertz CT molecular complexity index is 373. The molecule has 2 heteroatoms. The Morgan fingerprint density at radius 1 is 1.17 bits per heavy atom. The molecule has 0 radical (unpaired) electrons. The first-order valence-electron chi connectivity index (χ1n) is 7.01. The van der Waals surface area contributed by atoms with Crippen molar-refractivity contribution in [2.24, 2.45) is 5.41 Å². The van der Waals surface area contributed by atoms with Gasteiger partial charge in [0.05, 0.1) is 0 Å². The van der Waals surface area contributed by atoms with Gasteiger partial charge < -0.3 is 10.4 Å². The quantitative estimate of drug-likeness (QED) is 0.845. The number of rotatable bonds is 3. The zero-order chi connectivity index (χ0) is 13.2. The van der Waals surface area contributed by atoms with E-state index in [1.165, 1.54) is 31.2 Å². The number of hydrogen-bond donors (Lipinski definition) is 2. The molecule has 0 aliphatic heterocycles. The molecule has 1 aromatic carbocycles. The first-order chi connectivity index (χ1) is 8.46. The molecule has 1 aromatic rings. The fourth-order valence-electron chi connectivity index (χ4n) is 2.78. The van der Waals surface area contributed by atoms with Crippen molar-refractivity contribution in [2.75, 3.05) is 0 Å². The van der Waals surface area contributed by atoms with Crippen molar-refractivity contribution in [3.63, 3.8) is 0 Å². The van der Waals surface area contributed by atoms with E-state index >= 15 is 0 Å². The zero-order valence-corrected chi connectivity index (χ0v) is 11.7. The molecule has 1 atom stereocenters. The lowest BCUT2D eigenvalue weighted by Crippen LogP contribution is -2.36. The lowest BCUT2D eigenvalue weighted by molar-refractivity contribution is 0.200. The Labute approximate surface area is 110 Å². The molecule has 0 bridgehead atoms. The summed E-state index contributed by atoms with van der Waals surface area (Å²) >= 11 is 0. The minimum Gasteiger partial charge on any atom is -0.508 e. The second-order valence-electron chi connectivity index (χ2n) is 6.42. The average molecular weight is 247 g/mol. The third-order valence-corrected chi connectivity index (χ3v) is 4.22. The van der Waals surface area contributed by atoms with Crippen molar-refractivity contribution in [3.05, 3.63) is 29.8 Å². The third-order valence-electron chi connectivity index (χ3n) is 4.22. The first kappa shape index (κ1) is 13.4. The van der Waals surface area contributed by atoms with Gasteiger partial charge in [-0.25, -0.2) is 0 Å². The van der Waals surface area contributed by atoms with Crippen LogP contribution in [0, 0.1) is 5.41 Å². The molecule has 0 heterocycles. The topological polar surface area (TPSA) is 32.3 Å². The SMILES string of the molecule is CC(NC1CCC(C)(C)CC1)c1ccc(O)cc1. The van der Waals surface area contributed by atoms with Crippen LogP contribution in [0.1, 0.15) is 58.1 Å². The molecule has 0 amide bonds. The lowest BCUT2D eigenvalue weighted by atomic mass is 9.75. The molecule has 1 aliphatic rings. The predicted molar refractivity (Wildman–Crippen MR) is 75.7 cm³/mol. The van der Waals surface area contributed by atoms with E-state index in [4.69, 9.17) is 0 Å². The van der Waals surface area contributed by atoms with Gasteiger partial charge in [-0.1, -0.05) is 26.0 Å². The van der Waals surface area contributed by atoms with Gasteiger partial charge in [0.2, 0.25) is 0 Å². The molecule has 1 saturated carbocycles. The normalized spacial score (nSPS) is 21.7. The summed E-state index contributed by atoms with van der Waals surface area (Å²) in [7, 11) is 0. The Morgan fingerprint density at radius 2 is 1.72 bits per heavy atom. The van der Waals surface area contributed by atoms with Crippen molar-refractivity contribution in [3.8, 4) is 5.75 Å². The fraction of sp³-hybridized carbons (Fsp3) is 0.625. The maximum atomic E-state index is 9.30. The highest BCUT2D eigenvalue weighted by molar-refractivity contribution is 5.27. The Kier molecular flexibility index (Phi) is 3.96. The highest BCUT2D eigenvalue weighted by atomic mass is 16.3. The number of phenolic OH excluding ortho intramolecular Hbond substituents is 1. The summed E-state index contributed by atoms with van der Waals surface area (Å²) in [6.45, 7) is 6.94. The van der Waals surface area contributed by atoms with E-state index in [9.17, 15) is 5.11 Å². The van der Waals surface area contributed by atoms with Crippen LogP contribution in [0.5, 0.6) is 5.75 Å². The lowest BCUT2D eigenvalue weighted by Gasteiger charge is -2.36. The van der Waals surface area contributed by atoms with E-state index < -0.39 is 0 Å². The standard InChI is InChI=1S/C16H25NO/c1-12(13-4-6-15(18)7-5-13)17-14-8-10-16(2,3)11-9-14/h4-7,12,14,17-18H,8-11H2,1-3H3. The van der Waals surface area contributed by atoms with Gasteiger partial charge in [-0.15, -0.1) is 0 Å². The summed E-state index contributed by atoms with van der Waals surface area (Å²) in [5, 5.41) is 13.0. The van der Waals surface area contributed by atoms with Crippen LogP contribution in [0.4, 0.5) is 0 Å². The zero-order valence-electron chi connectivity index (χ0n) is 11.7. The number of nitrogens with one attached hydrogen (secondary N) is 1. The molecule has 1 fully saturated rings. The maximum absolute atomic E-state index is 9.30. The molecule has 18 heavy (non-hydrogen) atoms. The molecular formula is C16H25NO. The second-order valence-corrected chi connectivity index (χ2v) is 6.42. The molecule has 2 rings (SSSR count). The van der Waals surface area contributed by atoms with E-state index in [1.54, 1.807) is 12.1 Å². The summed E-state index contributed by atoms with van der Waals surface area (Å²) in [5.74, 6) is 0.338. The molecule has 0 saturated heterocycles. The number of phenols is 1. The van der Waals surface area contributed by atoms with E-state index in [1.807, 2.05) is 12.1 Å². The van der Waals surface area contributed by atoms with E-state index in [2.05, 4.69) is 26.1 Å². The Hall–Kier alpha value is -1.02. The van der Waals surface area contributed by atoms with Crippen LogP contribution in [0.2, 0.25) is 0 Å². The van der Waals surface area contributed by atoms with Gasteiger partial charge in [0.15, 0.2) is 0 Å². The maximum Gasteiger partial charge on any atom is 0.115 e. The largest absolute Gasteiger partial charge is 0.508 e. The minimum atomic E-state index is 0.338. The first-order valence-corrected chi connectivity index (χ1v) is 7.01. The van der Waals surface area contributed by atoms with Crippen molar-refractivity contribution in [1.29, 1.82) is 0 Å². The predicted octanol–water partition coefficient (Wildman–Crippen LogP) is 4.01. The molecule has 0 aromatic heterocycles. The number of aromatic hydroxyl groups is 1. The van der Waals surface area contributed by atoms with Gasteiger partial charge in [-0.2, -0.15) is 0 Å². The second kappa shape index (κ2) is 5.31. The van der Waals surface area contributed by atoms with Crippen LogP contribution in [-0.4, -0.2) is 11.1 Å². The van der Waals surface area contributed by atoms with Crippen molar-refractivity contribution >= 4 is 0 Å². The fourth-order valence-corrected chi connectivity index (χ4v) is 2.78. The van der Waals surface area contributed by atoms with Gasteiger partial charge in [-0.05, 0) is 55.7 Å². The van der Waals surface area contributed by atoms with E-state index in [0.717, 1.165) is 0 Å². The highest BCUT2D eigenvalue weighted by Crippen LogP contribution is 2.35. The van der Waals surface area contributed by atoms with Crippen LogP contribution in [0.15, 0.2) is 24.3 Å². The summed E-state index contributed by atoms with van der Waals surface area (Å²) in [6.07, 6.45) is 5.17. The van der Waals surface area contributed by atoms with Gasteiger partial charge >= 0.3 is 0 Å². The summed E-state index contributed by atoms with van der Waals surface area (Å²) in [5.41, 5.74) is 1.78. The van der Waals surface area contributed by atoms with Crippen molar-refractivity contribution < 1.29 is 5.11 Å².